The molecule has 0 radical (unpaired) electrons. The van der Waals surface area contributed by atoms with E-state index in [0.29, 0.717) is 40.3 Å². The number of anilines is 3. The molecule has 2 aliphatic rings. The predicted octanol–water partition coefficient (Wildman–Crippen LogP) is 3.48. The fourth-order valence-corrected chi connectivity index (χ4v) is 4.98. The highest BCUT2D eigenvalue weighted by molar-refractivity contribution is 6.32. The lowest BCUT2D eigenvalue weighted by Crippen LogP contribution is -2.30. The molecule has 3 aromatic rings. The van der Waals surface area contributed by atoms with Gasteiger partial charge in [-0.3, -0.25) is 5.41 Å². The van der Waals surface area contributed by atoms with Crippen LogP contribution in [0.2, 0.25) is 5.02 Å². The van der Waals surface area contributed by atoms with Crippen LogP contribution in [0.4, 0.5) is 17.5 Å². The van der Waals surface area contributed by atoms with Gasteiger partial charge in [-0.25, -0.2) is 14.6 Å². The van der Waals surface area contributed by atoms with Gasteiger partial charge in [-0.1, -0.05) is 11.6 Å². The number of halogens is 1. The summed E-state index contributed by atoms with van der Waals surface area (Å²) in [5.74, 6) is 2.97. The molecule has 1 saturated heterocycles. The van der Waals surface area contributed by atoms with Crippen LogP contribution in [-0.4, -0.2) is 61.7 Å². The number of nitrogens with one attached hydrogen (secondary N) is 3. The molecule has 1 saturated carbocycles. The van der Waals surface area contributed by atoms with Crippen LogP contribution < -0.4 is 15.4 Å². The first-order valence-electron chi connectivity index (χ1n) is 11.3. The van der Waals surface area contributed by atoms with E-state index in [1.807, 2.05) is 17.2 Å². The fraction of sp³-hybridized carbons (Fsp3) is 0.391. The van der Waals surface area contributed by atoms with Gasteiger partial charge >= 0.3 is 0 Å². The molecule has 2 unspecified atom stereocenters. The van der Waals surface area contributed by atoms with Crippen molar-refractivity contribution < 1.29 is 4.74 Å². The van der Waals surface area contributed by atoms with Crippen molar-refractivity contribution in [2.45, 2.75) is 25.3 Å². The molecule has 2 atom stereocenters. The maximum Gasteiger partial charge on any atom is 0.229 e. The Morgan fingerprint density at radius 1 is 1.23 bits per heavy atom. The largest absolute Gasteiger partial charge is 0.481 e. The quantitative estimate of drug-likeness (QED) is 0.334. The second-order valence-electron chi connectivity index (χ2n) is 8.77. The van der Waals surface area contributed by atoms with E-state index in [4.69, 9.17) is 27.0 Å². The number of nitrogens with zero attached hydrogens (tertiary/aromatic N) is 7. The normalized spacial score (nSPS) is 20.8. The molecule has 12 heteroatoms. The number of nitriles is 1. The third-order valence-corrected chi connectivity index (χ3v) is 6.77. The first-order valence-corrected chi connectivity index (χ1v) is 11.7. The first kappa shape index (κ1) is 22.9. The van der Waals surface area contributed by atoms with Gasteiger partial charge < -0.3 is 20.3 Å². The van der Waals surface area contributed by atoms with Crippen molar-refractivity contribution in [2.24, 2.45) is 11.8 Å². The second kappa shape index (κ2) is 9.76. The molecule has 5 rings (SSSR count). The molecule has 0 bridgehead atoms. The zero-order valence-corrected chi connectivity index (χ0v) is 19.9. The average Bonchev–Trinajstić information content (AvgIpc) is 3.57. The third-order valence-electron chi connectivity index (χ3n) is 6.50. The summed E-state index contributed by atoms with van der Waals surface area (Å²) in [6, 6.07) is 5.96. The zero-order valence-electron chi connectivity index (χ0n) is 19.1. The van der Waals surface area contributed by atoms with Crippen molar-refractivity contribution >= 4 is 34.9 Å². The van der Waals surface area contributed by atoms with Crippen LogP contribution in [-0.2, 0) is 0 Å². The summed E-state index contributed by atoms with van der Waals surface area (Å²) in [7, 11) is 1.57. The topological polar surface area (TPSA) is 141 Å². The van der Waals surface area contributed by atoms with Crippen LogP contribution in [0.25, 0.3) is 5.69 Å². The number of hydrogen-bond acceptors (Lipinski definition) is 9. The number of methoxy groups -OCH3 is 1. The van der Waals surface area contributed by atoms with Crippen LogP contribution in [0.15, 0.2) is 36.9 Å². The molecule has 35 heavy (non-hydrogen) atoms. The highest BCUT2D eigenvalue weighted by Crippen LogP contribution is 2.40. The summed E-state index contributed by atoms with van der Waals surface area (Å²) in [6.07, 6.45) is 8.89. The fourth-order valence-electron chi connectivity index (χ4n) is 4.83. The smallest absolute Gasteiger partial charge is 0.229 e. The summed E-state index contributed by atoms with van der Waals surface area (Å²) in [5.41, 5.74) is 1.52. The van der Waals surface area contributed by atoms with Gasteiger partial charge in [0.1, 0.15) is 10.9 Å². The Hall–Kier alpha value is -3.91. The van der Waals surface area contributed by atoms with Crippen LogP contribution in [0.1, 0.15) is 19.3 Å². The second-order valence-corrected chi connectivity index (χ2v) is 9.17. The standard InChI is InChI=1S/C23H25ClN10O/c1-35-21-3-2-18(9-27-21)34-13-17(8-29-34)31-23-28-10-19(24)22(32-23)30-16-6-14-11-33(12-15(14)7-16)20(26)4-5-25/h2-3,8-10,13-16,26H,4,6-7,11-12H2,1H3,(H2,28,30,31,32). The molecule has 11 nitrogen and oxygen atoms in total. The van der Waals surface area contributed by atoms with Gasteiger partial charge in [-0.2, -0.15) is 15.3 Å². The lowest BCUT2D eigenvalue weighted by Gasteiger charge is -2.21. The Balaban J connectivity index is 1.21. The molecule has 1 aliphatic carbocycles. The highest BCUT2D eigenvalue weighted by atomic mass is 35.5. The van der Waals surface area contributed by atoms with Crippen LogP contribution in [0.3, 0.4) is 0 Å². The first-order chi connectivity index (χ1) is 17.0. The van der Waals surface area contributed by atoms with Crippen molar-refractivity contribution in [2.75, 3.05) is 30.8 Å². The van der Waals surface area contributed by atoms with Crippen molar-refractivity contribution in [1.82, 2.24) is 29.6 Å². The molecule has 2 fully saturated rings. The number of ether oxygens (including phenoxy) is 1. The Morgan fingerprint density at radius 3 is 2.71 bits per heavy atom. The monoisotopic (exact) mass is 492 g/mol. The number of fused-ring (bicyclic) bond motifs is 1. The predicted molar refractivity (Wildman–Crippen MR) is 131 cm³/mol. The van der Waals surface area contributed by atoms with Crippen LogP contribution in [0, 0.1) is 28.6 Å². The van der Waals surface area contributed by atoms with E-state index in [1.54, 1.807) is 36.4 Å². The summed E-state index contributed by atoms with van der Waals surface area (Å²) in [6.45, 7) is 1.67. The van der Waals surface area contributed by atoms with E-state index in [-0.39, 0.29) is 12.5 Å². The lowest BCUT2D eigenvalue weighted by atomic mass is 10.0. The number of amidine groups is 1. The molecule has 4 heterocycles. The van der Waals surface area contributed by atoms with Crippen molar-refractivity contribution in [1.29, 1.82) is 10.7 Å². The number of hydrogen-bond donors (Lipinski definition) is 3. The minimum Gasteiger partial charge on any atom is -0.481 e. The molecule has 0 amide bonds. The van der Waals surface area contributed by atoms with Gasteiger partial charge in [-0.05, 0) is 30.7 Å². The number of likely N-dealkylation sites (tertiary alicyclic amines) is 1. The van der Waals surface area contributed by atoms with E-state index in [9.17, 15) is 0 Å². The highest BCUT2D eigenvalue weighted by Gasteiger charge is 2.41. The summed E-state index contributed by atoms with van der Waals surface area (Å²) < 4.78 is 6.79. The molecular formula is C23H25ClN10O. The third kappa shape index (κ3) is 4.97. The van der Waals surface area contributed by atoms with Gasteiger partial charge in [0, 0.05) is 25.2 Å². The molecule has 0 aromatic carbocycles. The molecular weight excluding hydrogens is 468 g/mol. The zero-order chi connectivity index (χ0) is 24.4. The van der Waals surface area contributed by atoms with E-state index in [2.05, 4.69) is 36.8 Å². The molecule has 180 valence electrons. The van der Waals surface area contributed by atoms with Gasteiger partial charge in [0.25, 0.3) is 0 Å². The SMILES string of the molecule is COc1ccc(-n2cc(Nc3ncc(Cl)c(NC4CC5CN(C(=N)CC#N)CC5C4)n3)cn2)cn1. The Labute approximate surface area is 207 Å². The van der Waals surface area contributed by atoms with E-state index < -0.39 is 0 Å². The van der Waals surface area contributed by atoms with E-state index >= 15 is 0 Å². The molecule has 3 aromatic heterocycles. The van der Waals surface area contributed by atoms with Crippen LogP contribution in [0.5, 0.6) is 5.88 Å². The number of aromatic nitrogens is 5. The Morgan fingerprint density at radius 2 is 2.03 bits per heavy atom. The Kier molecular flexibility index (Phi) is 6.37. The van der Waals surface area contributed by atoms with Crippen LogP contribution >= 0.6 is 11.6 Å². The van der Waals surface area contributed by atoms with Gasteiger partial charge in [0.15, 0.2) is 5.82 Å². The maximum atomic E-state index is 8.85. The lowest BCUT2D eigenvalue weighted by molar-refractivity contribution is 0.397. The van der Waals surface area contributed by atoms with E-state index in [1.165, 1.54) is 0 Å². The van der Waals surface area contributed by atoms with Gasteiger partial charge in [0.05, 0.1) is 55.8 Å². The average molecular weight is 493 g/mol. The Bertz CT molecular complexity index is 1240. The minimum absolute atomic E-state index is 0.170. The molecule has 0 spiro atoms. The van der Waals surface area contributed by atoms with Crippen molar-refractivity contribution in [3.63, 3.8) is 0 Å². The van der Waals surface area contributed by atoms with Gasteiger partial charge in [-0.15, -0.1) is 0 Å². The summed E-state index contributed by atoms with van der Waals surface area (Å²) in [4.78, 5) is 15.1. The van der Waals surface area contributed by atoms with E-state index in [0.717, 1.165) is 37.3 Å². The summed E-state index contributed by atoms with van der Waals surface area (Å²) in [5, 5.41) is 28.4. The van der Waals surface area contributed by atoms with Crippen molar-refractivity contribution in [3.05, 3.63) is 41.9 Å². The summed E-state index contributed by atoms with van der Waals surface area (Å²) >= 11 is 6.39. The molecule has 1 aliphatic heterocycles. The number of pyridine rings is 1. The maximum absolute atomic E-state index is 8.85. The van der Waals surface area contributed by atoms with Gasteiger partial charge in [0.2, 0.25) is 11.8 Å². The molecule has 3 N–H and O–H groups in total. The minimum atomic E-state index is 0.170. The number of rotatable bonds is 7. The van der Waals surface area contributed by atoms with Crippen molar-refractivity contribution in [3.8, 4) is 17.6 Å².